The molecule has 2 aromatic rings. The van der Waals surface area contributed by atoms with Gasteiger partial charge in [0.1, 0.15) is 0 Å². The molecule has 0 aromatic heterocycles. The maximum atomic E-state index is 11.9. The molecule has 0 atom stereocenters. The van der Waals surface area contributed by atoms with Crippen LogP contribution in [-0.4, -0.2) is 30.4 Å². The second-order valence-corrected chi connectivity index (χ2v) is 6.10. The SMILES string of the molecule is CN(CC(=O)NC(=O)Nc1ccccc1)Cc1ccc(Cl)c(Cl)c1. The van der Waals surface area contributed by atoms with E-state index in [1.54, 1.807) is 48.3 Å². The molecule has 24 heavy (non-hydrogen) atoms. The molecule has 0 saturated carbocycles. The van der Waals surface area contributed by atoms with E-state index in [-0.39, 0.29) is 6.54 Å². The monoisotopic (exact) mass is 365 g/mol. The fourth-order valence-corrected chi connectivity index (χ4v) is 2.42. The lowest BCUT2D eigenvalue weighted by Crippen LogP contribution is -2.40. The molecule has 126 valence electrons. The molecule has 0 radical (unpaired) electrons. The van der Waals surface area contributed by atoms with Crippen LogP contribution in [0.5, 0.6) is 0 Å². The third-order valence-electron chi connectivity index (χ3n) is 3.13. The number of likely N-dealkylation sites (N-methyl/N-ethyl adjacent to an activating group) is 1. The van der Waals surface area contributed by atoms with E-state index < -0.39 is 11.9 Å². The summed E-state index contributed by atoms with van der Waals surface area (Å²) >= 11 is 11.8. The van der Waals surface area contributed by atoms with Crippen LogP contribution in [0.4, 0.5) is 10.5 Å². The molecule has 2 N–H and O–H groups in total. The summed E-state index contributed by atoms with van der Waals surface area (Å²) in [5.41, 5.74) is 1.54. The van der Waals surface area contributed by atoms with Crippen LogP contribution in [0.25, 0.3) is 0 Å². The number of benzene rings is 2. The minimum atomic E-state index is -0.561. The number of urea groups is 1. The van der Waals surface area contributed by atoms with Gasteiger partial charge in [-0.15, -0.1) is 0 Å². The standard InChI is InChI=1S/C17H17Cl2N3O2/c1-22(10-12-7-8-14(18)15(19)9-12)11-16(23)21-17(24)20-13-5-3-2-4-6-13/h2-9H,10-11H2,1H3,(H2,20,21,23,24). The highest BCUT2D eigenvalue weighted by atomic mass is 35.5. The lowest BCUT2D eigenvalue weighted by Gasteiger charge is -2.16. The zero-order chi connectivity index (χ0) is 17.5. The first-order valence-electron chi connectivity index (χ1n) is 7.22. The number of carbonyl (C=O) groups is 2. The number of hydrogen-bond donors (Lipinski definition) is 2. The van der Waals surface area contributed by atoms with Gasteiger partial charge in [-0.1, -0.05) is 47.5 Å². The number of carbonyl (C=O) groups excluding carboxylic acids is 2. The molecular weight excluding hydrogens is 349 g/mol. The molecule has 5 nitrogen and oxygen atoms in total. The van der Waals surface area contributed by atoms with E-state index >= 15 is 0 Å². The van der Waals surface area contributed by atoms with E-state index in [1.807, 2.05) is 12.1 Å². The molecule has 2 rings (SSSR count). The third kappa shape index (κ3) is 5.85. The van der Waals surface area contributed by atoms with Gasteiger partial charge in [-0.05, 0) is 36.9 Å². The first kappa shape index (κ1) is 18.3. The smallest absolute Gasteiger partial charge is 0.308 e. The highest BCUT2D eigenvalue weighted by Crippen LogP contribution is 2.23. The molecule has 0 bridgehead atoms. The molecule has 7 heteroatoms. The third-order valence-corrected chi connectivity index (χ3v) is 3.87. The molecule has 3 amide bonds. The predicted molar refractivity (Wildman–Crippen MR) is 96.4 cm³/mol. The first-order chi connectivity index (χ1) is 11.4. The number of nitrogens with zero attached hydrogens (tertiary/aromatic N) is 1. The van der Waals surface area contributed by atoms with Crippen molar-refractivity contribution in [3.05, 3.63) is 64.1 Å². The van der Waals surface area contributed by atoms with Crippen LogP contribution < -0.4 is 10.6 Å². The zero-order valence-corrected chi connectivity index (χ0v) is 14.6. The quantitative estimate of drug-likeness (QED) is 0.847. The molecule has 0 fully saturated rings. The summed E-state index contributed by atoms with van der Waals surface area (Å²) in [6, 6.07) is 13.6. The van der Waals surface area contributed by atoms with Crippen molar-refractivity contribution in [3.8, 4) is 0 Å². The van der Waals surface area contributed by atoms with Crippen molar-refractivity contribution in [3.63, 3.8) is 0 Å². The van der Waals surface area contributed by atoms with Gasteiger partial charge >= 0.3 is 6.03 Å². The van der Waals surface area contributed by atoms with E-state index in [9.17, 15) is 9.59 Å². The van der Waals surface area contributed by atoms with Crippen molar-refractivity contribution < 1.29 is 9.59 Å². The molecule has 0 unspecified atom stereocenters. The van der Waals surface area contributed by atoms with Crippen LogP contribution in [0.2, 0.25) is 10.0 Å². The van der Waals surface area contributed by atoms with Crippen molar-refractivity contribution in [2.24, 2.45) is 0 Å². The second kappa shape index (κ2) is 8.68. The molecule has 0 spiro atoms. The minimum absolute atomic E-state index is 0.0719. The Balaban J connectivity index is 1.80. The molecule has 0 aliphatic carbocycles. The van der Waals surface area contributed by atoms with Crippen LogP contribution in [0.1, 0.15) is 5.56 Å². The molecular formula is C17H17Cl2N3O2. The maximum Gasteiger partial charge on any atom is 0.325 e. The number of halogens is 2. The summed E-state index contributed by atoms with van der Waals surface area (Å²) in [4.78, 5) is 25.4. The number of anilines is 1. The average molecular weight is 366 g/mol. The van der Waals surface area contributed by atoms with Gasteiger partial charge in [-0.3, -0.25) is 15.0 Å². The molecule has 0 aliphatic heterocycles. The van der Waals surface area contributed by atoms with E-state index in [0.29, 0.717) is 22.3 Å². The Morgan fingerprint density at radius 1 is 1.04 bits per heavy atom. The van der Waals surface area contributed by atoms with Gasteiger partial charge in [-0.2, -0.15) is 0 Å². The average Bonchev–Trinajstić information content (AvgIpc) is 2.51. The maximum absolute atomic E-state index is 11.9. The van der Waals surface area contributed by atoms with Gasteiger partial charge in [0.2, 0.25) is 5.91 Å². The molecule has 0 aliphatic rings. The van der Waals surface area contributed by atoms with Gasteiger partial charge in [0, 0.05) is 12.2 Å². The van der Waals surface area contributed by atoms with E-state index in [4.69, 9.17) is 23.2 Å². The molecule has 0 heterocycles. The number of rotatable bonds is 5. The Bertz CT molecular complexity index is 723. The number of hydrogen-bond acceptors (Lipinski definition) is 3. The van der Waals surface area contributed by atoms with Crippen LogP contribution in [-0.2, 0) is 11.3 Å². The van der Waals surface area contributed by atoms with Crippen molar-refractivity contribution in [1.29, 1.82) is 0 Å². The summed E-state index contributed by atoms with van der Waals surface area (Å²) in [5.74, 6) is -0.397. The summed E-state index contributed by atoms with van der Waals surface area (Å²) in [6.45, 7) is 0.576. The Morgan fingerprint density at radius 3 is 2.42 bits per heavy atom. The minimum Gasteiger partial charge on any atom is -0.308 e. The lowest BCUT2D eigenvalue weighted by atomic mass is 10.2. The molecule has 2 aromatic carbocycles. The summed E-state index contributed by atoms with van der Waals surface area (Å²) < 4.78 is 0. The van der Waals surface area contributed by atoms with Gasteiger partial charge in [-0.25, -0.2) is 4.79 Å². The number of para-hydroxylation sites is 1. The van der Waals surface area contributed by atoms with Crippen molar-refractivity contribution in [2.75, 3.05) is 18.9 Å². The summed E-state index contributed by atoms with van der Waals surface area (Å²) in [7, 11) is 1.77. The largest absolute Gasteiger partial charge is 0.325 e. The van der Waals surface area contributed by atoms with Crippen molar-refractivity contribution >= 4 is 40.8 Å². The van der Waals surface area contributed by atoms with Gasteiger partial charge < -0.3 is 5.32 Å². The zero-order valence-electron chi connectivity index (χ0n) is 13.1. The highest BCUT2D eigenvalue weighted by molar-refractivity contribution is 6.42. The molecule has 0 saturated heterocycles. The van der Waals surface area contributed by atoms with Gasteiger partial charge in [0.05, 0.1) is 16.6 Å². The van der Waals surface area contributed by atoms with Crippen LogP contribution in [0.3, 0.4) is 0 Å². The normalized spacial score (nSPS) is 10.5. The Labute approximate surface area is 150 Å². The van der Waals surface area contributed by atoms with Crippen LogP contribution in [0, 0.1) is 0 Å². The van der Waals surface area contributed by atoms with E-state index in [0.717, 1.165) is 5.56 Å². The number of nitrogens with one attached hydrogen (secondary N) is 2. The fraction of sp³-hybridized carbons (Fsp3) is 0.176. The summed E-state index contributed by atoms with van der Waals surface area (Å²) in [6.07, 6.45) is 0. The van der Waals surface area contributed by atoms with Crippen LogP contribution >= 0.6 is 23.2 Å². The first-order valence-corrected chi connectivity index (χ1v) is 7.98. The Hall–Kier alpha value is -2.08. The summed E-state index contributed by atoms with van der Waals surface area (Å²) in [5, 5.41) is 5.83. The predicted octanol–water partition coefficient (Wildman–Crippen LogP) is 3.77. The van der Waals surface area contributed by atoms with E-state index in [1.165, 1.54) is 0 Å². The van der Waals surface area contributed by atoms with Gasteiger partial charge in [0.15, 0.2) is 0 Å². The number of imide groups is 1. The highest BCUT2D eigenvalue weighted by Gasteiger charge is 2.11. The van der Waals surface area contributed by atoms with Gasteiger partial charge in [0.25, 0.3) is 0 Å². The fourth-order valence-electron chi connectivity index (χ4n) is 2.10. The van der Waals surface area contributed by atoms with Crippen molar-refractivity contribution in [1.82, 2.24) is 10.2 Å². The topological polar surface area (TPSA) is 61.4 Å². The second-order valence-electron chi connectivity index (χ2n) is 5.29. The Kier molecular flexibility index (Phi) is 6.61. The number of amides is 3. The Morgan fingerprint density at radius 2 is 1.75 bits per heavy atom. The lowest BCUT2D eigenvalue weighted by molar-refractivity contribution is -0.120. The van der Waals surface area contributed by atoms with Crippen LogP contribution in [0.15, 0.2) is 48.5 Å². The van der Waals surface area contributed by atoms with E-state index in [2.05, 4.69) is 10.6 Å². The van der Waals surface area contributed by atoms with Crippen molar-refractivity contribution in [2.45, 2.75) is 6.54 Å².